The third kappa shape index (κ3) is 5.15. The van der Waals surface area contributed by atoms with Gasteiger partial charge in [0, 0.05) is 25.6 Å². The molecule has 2 heterocycles. The van der Waals surface area contributed by atoms with Crippen molar-refractivity contribution in [3.05, 3.63) is 89.2 Å². The number of ether oxygens (including phenoxy) is 2. The molecule has 2 fully saturated rings. The van der Waals surface area contributed by atoms with E-state index in [0.717, 1.165) is 5.56 Å². The van der Waals surface area contributed by atoms with E-state index in [0.29, 0.717) is 36.8 Å². The number of pyridine rings is 1. The summed E-state index contributed by atoms with van der Waals surface area (Å²) in [5.41, 5.74) is 0.167. The molecule has 5 rings (SSSR count). The van der Waals surface area contributed by atoms with Crippen molar-refractivity contribution in [2.75, 3.05) is 19.6 Å². The maximum Gasteiger partial charge on any atom is 0.171 e. The van der Waals surface area contributed by atoms with Crippen LogP contribution in [-0.2, 0) is 6.61 Å². The Morgan fingerprint density at radius 2 is 1.77 bits per heavy atom. The fourth-order valence-corrected chi connectivity index (χ4v) is 5.31. The lowest BCUT2D eigenvalue weighted by Crippen LogP contribution is -2.49. The van der Waals surface area contributed by atoms with Crippen LogP contribution in [0.2, 0.25) is 5.15 Å². The van der Waals surface area contributed by atoms with Gasteiger partial charge in [0.05, 0.1) is 5.69 Å². The lowest BCUT2D eigenvalue weighted by molar-refractivity contribution is -0.0876. The Morgan fingerprint density at radius 1 is 1.06 bits per heavy atom. The second-order valence-electron chi connectivity index (χ2n) is 9.35. The number of hydrogen-bond donors (Lipinski definition) is 3. The highest BCUT2D eigenvalue weighted by molar-refractivity contribution is 6.30. The minimum Gasteiger partial charge on any atom is -0.488 e. The van der Waals surface area contributed by atoms with Gasteiger partial charge >= 0.3 is 0 Å². The summed E-state index contributed by atoms with van der Waals surface area (Å²) in [6.45, 7) is 1.43. The number of aliphatic hydroxyl groups excluding tert-OH is 2. The maximum atomic E-state index is 11.2. The summed E-state index contributed by atoms with van der Waals surface area (Å²) in [6.07, 6.45) is -1.84. The standard InChI is InChI=1S/C27H29ClN2O5/c28-26-23(34-16-18-7-3-1-4-8-18)12-11-21(29-26)22(31)15-30-14-19-13-24(25(32)27(19,33)17-30)35-20-9-5-2-6-10-20/h1-12,19,22,24-25,31-33H,13-17H2/t19-,22-,24+,25+,27-/m1/s1. The quantitative estimate of drug-likeness (QED) is 0.412. The topological polar surface area (TPSA) is 95.3 Å². The molecule has 0 unspecified atom stereocenters. The van der Waals surface area contributed by atoms with E-state index in [1.165, 1.54) is 0 Å². The molecule has 0 amide bonds. The summed E-state index contributed by atoms with van der Waals surface area (Å²) >= 11 is 6.31. The Hall–Kier alpha value is -2.68. The normalized spacial score (nSPS) is 26.9. The van der Waals surface area contributed by atoms with E-state index in [1.807, 2.05) is 65.6 Å². The number of rotatable bonds is 8. The summed E-state index contributed by atoms with van der Waals surface area (Å²) in [5.74, 6) is 0.972. The van der Waals surface area contributed by atoms with Crippen molar-refractivity contribution in [3.8, 4) is 11.5 Å². The molecule has 8 heteroatoms. The van der Waals surface area contributed by atoms with Crippen LogP contribution < -0.4 is 9.47 Å². The van der Waals surface area contributed by atoms with Crippen LogP contribution in [0.3, 0.4) is 0 Å². The second kappa shape index (κ2) is 10.1. The van der Waals surface area contributed by atoms with Crippen LogP contribution in [0.4, 0.5) is 0 Å². The number of aliphatic hydroxyl groups is 3. The average Bonchev–Trinajstić information content (AvgIpc) is 3.29. The van der Waals surface area contributed by atoms with Gasteiger partial charge in [0.15, 0.2) is 10.9 Å². The van der Waals surface area contributed by atoms with Gasteiger partial charge in [-0.1, -0.05) is 60.1 Å². The molecule has 0 spiro atoms. The molecule has 1 aromatic heterocycles. The highest BCUT2D eigenvalue weighted by atomic mass is 35.5. The molecule has 1 aliphatic heterocycles. The van der Waals surface area contributed by atoms with Crippen LogP contribution >= 0.6 is 11.6 Å². The molecule has 2 aliphatic rings. The van der Waals surface area contributed by atoms with Crippen molar-refractivity contribution in [1.29, 1.82) is 0 Å². The molecular formula is C27H29ClN2O5. The van der Waals surface area contributed by atoms with E-state index in [1.54, 1.807) is 12.1 Å². The van der Waals surface area contributed by atoms with E-state index < -0.39 is 23.9 Å². The predicted octanol–water partition coefficient (Wildman–Crippen LogP) is 3.22. The molecule has 7 nitrogen and oxygen atoms in total. The average molecular weight is 497 g/mol. The van der Waals surface area contributed by atoms with Crippen molar-refractivity contribution in [2.45, 2.75) is 36.9 Å². The van der Waals surface area contributed by atoms with Crippen molar-refractivity contribution in [1.82, 2.24) is 9.88 Å². The Kier molecular flexibility index (Phi) is 6.95. The van der Waals surface area contributed by atoms with Crippen LogP contribution in [-0.4, -0.2) is 62.6 Å². The fraction of sp³-hybridized carbons (Fsp3) is 0.370. The minimum absolute atomic E-state index is 0.149. The predicted molar refractivity (Wildman–Crippen MR) is 131 cm³/mol. The Labute approximate surface area is 209 Å². The molecule has 184 valence electrons. The van der Waals surface area contributed by atoms with Gasteiger partial charge in [0.2, 0.25) is 0 Å². The van der Waals surface area contributed by atoms with Gasteiger partial charge in [0.1, 0.15) is 36.3 Å². The van der Waals surface area contributed by atoms with Gasteiger partial charge in [-0.25, -0.2) is 4.98 Å². The molecule has 35 heavy (non-hydrogen) atoms. The SMILES string of the molecule is O[C@H](CN1C[C@H]2C[C@H](Oc3ccccc3)[C@H](O)[C@@]2(O)C1)c1ccc(OCc2ccccc2)c(Cl)n1. The number of halogens is 1. The number of hydrogen-bond acceptors (Lipinski definition) is 7. The smallest absolute Gasteiger partial charge is 0.171 e. The third-order valence-electron chi connectivity index (χ3n) is 6.92. The summed E-state index contributed by atoms with van der Waals surface area (Å²) in [4.78, 5) is 6.27. The number of likely N-dealkylation sites (tertiary alicyclic amines) is 1. The van der Waals surface area contributed by atoms with Crippen molar-refractivity contribution in [3.63, 3.8) is 0 Å². The number of fused-ring (bicyclic) bond motifs is 1. The summed E-state index contributed by atoms with van der Waals surface area (Å²) in [6, 6.07) is 22.5. The Morgan fingerprint density at radius 3 is 2.46 bits per heavy atom. The number of nitrogens with zero attached hydrogens (tertiary/aromatic N) is 2. The van der Waals surface area contributed by atoms with Crippen LogP contribution in [0.25, 0.3) is 0 Å². The first-order valence-electron chi connectivity index (χ1n) is 11.8. The van der Waals surface area contributed by atoms with Crippen molar-refractivity contribution >= 4 is 11.6 Å². The van der Waals surface area contributed by atoms with E-state index >= 15 is 0 Å². The first kappa shape index (κ1) is 24.0. The molecule has 1 saturated heterocycles. The molecule has 0 radical (unpaired) electrons. The molecule has 3 aromatic rings. The summed E-state index contributed by atoms with van der Waals surface area (Å²) in [7, 11) is 0. The largest absolute Gasteiger partial charge is 0.488 e. The summed E-state index contributed by atoms with van der Waals surface area (Å²) in [5, 5.41) is 33.0. The van der Waals surface area contributed by atoms with Crippen molar-refractivity contribution in [2.24, 2.45) is 5.92 Å². The van der Waals surface area contributed by atoms with Crippen molar-refractivity contribution < 1.29 is 24.8 Å². The lowest BCUT2D eigenvalue weighted by Gasteiger charge is -2.29. The van der Waals surface area contributed by atoms with Gasteiger partial charge in [-0.3, -0.25) is 4.90 Å². The maximum absolute atomic E-state index is 11.2. The number of aromatic nitrogens is 1. The summed E-state index contributed by atoms with van der Waals surface area (Å²) < 4.78 is 11.7. The van der Waals surface area contributed by atoms with Crippen LogP contribution in [0.1, 0.15) is 23.8 Å². The zero-order valence-electron chi connectivity index (χ0n) is 19.2. The monoisotopic (exact) mass is 496 g/mol. The molecule has 1 aliphatic carbocycles. The van der Waals surface area contributed by atoms with E-state index in [2.05, 4.69) is 4.98 Å². The highest BCUT2D eigenvalue weighted by Gasteiger charge is 2.59. The van der Waals surface area contributed by atoms with E-state index in [9.17, 15) is 15.3 Å². The van der Waals surface area contributed by atoms with E-state index in [4.69, 9.17) is 21.1 Å². The van der Waals surface area contributed by atoms with Crippen LogP contribution in [0, 0.1) is 5.92 Å². The molecule has 0 bridgehead atoms. The third-order valence-corrected chi connectivity index (χ3v) is 7.19. The van der Waals surface area contributed by atoms with Crippen LogP contribution in [0.5, 0.6) is 11.5 Å². The highest BCUT2D eigenvalue weighted by Crippen LogP contribution is 2.43. The lowest BCUT2D eigenvalue weighted by atomic mass is 9.93. The molecular weight excluding hydrogens is 468 g/mol. The van der Waals surface area contributed by atoms with Gasteiger partial charge in [0.25, 0.3) is 0 Å². The fourth-order valence-electron chi connectivity index (χ4n) is 5.09. The Bertz CT molecular complexity index is 1130. The molecule has 2 aromatic carbocycles. The number of benzene rings is 2. The zero-order chi connectivity index (χ0) is 24.4. The van der Waals surface area contributed by atoms with Gasteiger partial charge in [-0.2, -0.15) is 0 Å². The Balaban J connectivity index is 1.17. The minimum atomic E-state index is -1.28. The van der Waals surface area contributed by atoms with Gasteiger partial charge in [-0.15, -0.1) is 0 Å². The number of para-hydroxylation sites is 1. The van der Waals surface area contributed by atoms with Crippen LogP contribution in [0.15, 0.2) is 72.8 Å². The van der Waals surface area contributed by atoms with E-state index in [-0.39, 0.29) is 24.2 Å². The van der Waals surface area contributed by atoms with Gasteiger partial charge < -0.3 is 24.8 Å². The first-order chi connectivity index (χ1) is 16.9. The molecule has 3 N–H and O–H groups in total. The zero-order valence-corrected chi connectivity index (χ0v) is 20.0. The second-order valence-corrected chi connectivity index (χ2v) is 9.71. The first-order valence-corrected chi connectivity index (χ1v) is 12.2. The molecule has 1 saturated carbocycles. The van der Waals surface area contributed by atoms with Gasteiger partial charge in [-0.05, 0) is 36.2 Å². The number of β-amino-alcohol motifs (C(OH)–C–C–N with tert-alkyl or cyclic N) is 2. The molecule has 5 atom stereocenters.